The van der Waals surface area contributed by atoms with Gasteiger partial charge in [0.25, 0.3) is 0 Å². The van der Waals surface area contributed by atoms with Crippen molar-refractivity contribution in [3.63, 3.8) is 0 Å². The van der Waals surface area contributed by atoms with Gasteiger partial charge in [-0.3, -0.25) is 9.59 Å². The number of nitrogens with one attached hydrogen (secondary N) is 2. The maximum atomic E-state index is 12.0. The molecule has 0 saturated heterocycles. The second-order valence-electron chi connectivity index (χ2n) is 5.82. The van der Waals surface area contributed by atoms with Gasteiger partial charge < -0.3 is 10.6 Å². The van der Waals surface area contributed by atoms with E-state index in [1.54, 1.807) is 0 Å². The highest BCUT2D eigenvalue weighted by Crippen LogP contribution is 2.19. The molecule has 1 fully saturated rings. The second-order valence-corrected chi connectivity index (χ2v) is 5.82. The van der Waals surface area contributed by atoms with Crippen LogP contribution in [-0.4, -0.2) is 17.9 Å². The molecular formula is C18H20N2O2. The Labute approximate surface area is 129 Å². The quantitative estimate of drug-likeness (QED) is 0.836. The number of fused-ring (bicyclic) bond motifs is 1. The van der Waals surface area contributed by atoms with Gasteiger partial charge in [0, 0.05) is 11.7 Å². The first-order chi connectivity index (χ1) is 10.7. The minimum Gasteiger partial charge on any atom is -0.345 e. The number of rotatable bonds is 2. The smallest absolute Gasteiger partial charge is 0.313 e. The van der Waals surface area contributed by atoms with E-state index in [0.29, 0.717) is 5.69 Å². The van der Waals surface area contributed by atoms with Gasteiger partial charge in [0.2, 0.25) is 0 Å². The molecule has 0 heterocycles. The average molecular weight is 296 g/mol. The molecule has 0 aromatic heterocycles. The number of amides is 2. The molecule has 0 radical (unpaired) electrons. The largest absolute Gasteiger partial charge is 0.345 e. The Kier molecular flexibility index (Phi) is 4.37. The molecule has 2 N–H and O–H groups in total. The molecule has 0 unspecified atom stereocenters. The molecular weight excluding hydrogens is 276 g/mol. The first kappa shape index (κ1) is 14.6. The van der Waals surface area contributed by atoms with Crippen LogP contribution in [0, 0.1) is 0 Å². The molecule has 3 rings (SSSR count). The zero-order chi connectivity index (χ0) is 15.4. The maximum absolute atomic E-state index is 12.0. The third-order valence-corrected chi connectivity index (χ3v) is 4.15. The van der Waals surface area contributed by atoms with E-state index < -0.39 is 11.8 Å². The third-order valence-electron chi connectivity index (χ3n) is 4.15. The SMILES string of the molecule is O=C(Nc1ccc2ccccc2c1)C(=O)NC1CCCCC1. The predicted molar refractivity (Wildman–Crippen MR) is 87.6 cm³/mol. The summed E-state index contributed by atoms with van der Waals surface area (Å²) in [5, 5.41) is 7.64. The number of carbonyl (C=O) groups excluding carboxylic acids is 2. The maximum Gasteiger partial charge on any atom is 0.313 e. The summed E-state index contributed by atoms with van der Waals surface area (Å²) >= 11 is 0. The van der Waals surface area contributed by atoms with Crippen LogP contribution in [0.2, 0.25) is 0 Å². The topological polar surface area (TPSA) is 58.2 Å². The van der Waals surface area contributed by atoms with Gasteiger partial charge in [-0.1, -0.05) is 49.6 Å². The van der Waals surface area contributed by atoms with Crippen molar-refractivity contribution in [2.45, 2.75) is 38.1 Å². The van der Waals surface area contributed by atoms with Crippen molar-refractivity contribution >= 4 is 28.3 Å². The summed E-state index contributed by atoms with van der Waals surface area (Å²) in [5.41, 5.74) is 0.641. The summed E-state index contributed by atoms with van der Waals surface area (Å²) in [4.78, 5) is 24.0. The van der Waals surface area contributed by atoms with Crippen molar-refractivity contribution in [2.24, 2.45) is 0 Å². The van der Waals surface area contributed by atoms with E-state index in [-0.39, 0.29) is 6.04 Å². The fourth-order valence-electron chi connectivity index (χ4n) is 2.95. The fourth-order valence-corrected chi connectivity index (χ4v) is 2.95. The second kappa shape index (κ2) is 6.60. The summed E-state index contributed by atoms with van der Waals surface area (Å²) in [6.07, 6.45) is 5.40. The summed E-state index contributed by atoms with van der Waals surface area (Å²) in [6, 6.07) is 13.7. The number of carbonyl (C=O) groups is 2. The van der Waals surface area contributed by atoms with E-state index >= 15 is 0 Å². The van der Waals surface area contributed by atoms with Crippen molar-refractivity contribution < 1.29 is 9.59 Å². The lowest BCUT2D eigenvalue weighted by atomic mass is 9.95. The van der Waals surface area contributed by atoms with Gasteiger partial charge in [0.05, 0.1) is 0 Å². The van der Waals surface area contributed by atoms with Crippen LogP contribution >= 0.6 is 0 Å². The molecule has 22 heavy (non-hydrogen) atoms. The molecule has 114 valence electrons. The van der Waals surface area contributed by atoms with Crippen LogP contribution in [0.25, 0.3) is 10.8 Å². The third kappa shape index (κ3) is 3.45. The van der Waals surface area contributed by atoms with E-state index in [1.807, 2.05) is 42.5 Å². The Hall–Kier alpha value is -2.36. The first-order valence-corrected chi connectivity index (χ1v) is 7.83. The molecule has 4 nitrogen and oxygen atoms in total. The van der Waals surface area contributed by atoms with Gasteiger partial charge in [-0.2, -0.15) is 0 Å². The Balaban J connectivity index is 1.63. The van der Waals surface area contributed by atoms with Crippen LogP contribution in [-0.2, 0) is 9.59 Å². The van der Waals surface area contributed by atoms with Gasteiger partial charge >= 0.3 is 11.8 Å². The van der Waals surface area contributed by atoms with Gasteiger partial charge in [-0.15, -0.1) is 0 Å². The van der Waals surface area contributed by atoms with Crippen molar-refractivity contribution in [2.75, 3.05) is 5.32 Å². The van der Waals surface area contributed by atoms with E-state index in [9.17, 15) is 9.59 Å². The molecule has 1 saturated carbocycles. The van der Waals surface area contributed by atoms with Crippen LogP contribution in [0.3, 0.4) is 0 Å². The van der Waals surface area contributed by atoms with Gasteiger partial charge in [0.1, 0.15) is 0 Å². The molecule has 2 aromatic carbocycles. The van der Waals surface area contributed by atoms with Crippen molar-refractivity contribution in [1.29, 1.82) is 0 Å². The Morgan fingerprint density at radius 1 is 0.864 bits per heavy atom. The normalized spacial score (nSPS) is 15.5. The lowest BCUT2D eigenvalue weighted by Gasteiger charge is -2.22. The highest BCUT2D eigenvalue weighted by atomic mass is 16.2. The van der Waals surface area contributed by atoms with Crippen LogP contribution in [0.15, 0.2) is 42.5 Å². The zero-order valence-electron chi connectivity index (χ0n) is 12.5. The fraction of sp³-hybridized carbons (Fsp3) is 0.333. The van der Waals surface area contributed by atoms with Crippen LogP contribution in [0.1, 0.15) is 32.1 Å². The molecule has 0 aliphatic heterocycles. The Morgan fingerprint density at radius 2 is 1.59 bits per heavy atom. The molecule has 4 heteroatoms. The van der Waals surface area contributed by atoms with Gasteiger partial charge in [-0.05, 0) is 35.7 Å². The first-order valence-electron chi connectivity index (χ1n) is 7.83. The van der Waals surface area contributed by atoms with Gasteiger partial charge in [-0.25, -0.2) is 0 Å². The van der Waals surface area contributed by atoms with Gasteiger partial charge in [0.15, 0.2) is 0 Å². The molecule has 0 spiro atoms. The molecule has 0 atom stereocenters. The number of anilines is 1. The van der Waals surface area contributed by atoms with Crippen molar-refractivity contribution in [1.82, 2.24) is 5.32 Å². The van der Waals surface area contributed by atoms with Crippen LogP contribution in [0.4, 0.5) is 5.69 Å². The van der Waals surface area contributed by atoms with Crippen molar-refractivity contribution in [3.05, 3.63) is 42.5 Å². The summed E-state index contributed by atoms with van der Waals surface area (Å²) in [5.74, 6) is -1.14. The summed E-state index contributed by atoms with van der Waals surface area (Å²) in [7, 11) is 0. The highest BCUT2D eigenvalue weighted by molar-refractivity contribution is 6.39. The molecule has 1 aliphatic carbocycles. The monoisotopic (exact) mass is 296 g/mol. The molecule has 2 aromatic rings. The summed E-state index contributed by atoms with van der Waals surface area (Å²) < 4.78 is 0. The minimum atomic E-state index is -0.596. The predicted octanol–water partition coefficient (Wildman–Crippen LogP) is 3.23. The van der Waals surface area contributed by atoms with Crippen LogP contribution < -0.4 is 10.6 Å². The molecule has 1 aliphatic rings. The Morgan fingerprint density at radius 3 is 2.36 bits per heavy atom. The van der Waals surface area contributed by atoms with E-state index in [1.165, 1.54) is 6.42 Å². The number of hydrogen-bond acceptors (Lipinski definition) is 2. The lowest BCUT2D eigenvalue weighted by Crippen LogP contribution is -2.42. The Bertz CT molecular complexity index is 690. The lowest BCUT2D eigenvalue weighted by molar-refractivity contribution is -0.136. The number of benzene rings is 2. The molecule has 0 bridgehead atoms. The zero-order valence-corrected chi connectivity index (χ0v) is 12.5. The van der Waals surface area contributed by atoms with E-state index in [2.05, 4.69) is 10.6 Å². The van der Waals surface area contributed by atoms with E-state index in [4.69, 9.17) is 0 Å². The highest BCUT2D eigenvalue weighted by Gasteiger charge is 2.20. The standard InChI is InChI=1S/C18H20N2O2/c21-17(19-15-8-2-1-3-9-15)18(22)20-16-11-10-13-6-4-5-7-14(13)12-16/h4-7,10-12,15H,1-3,8-9H2,(H,19,21)(H,20,22). The average Bonchev–Trinajstić information content (AvgIpc) is 2.55. The number of hydrogen-bond donors (Lipinski definition) is 2. The minimum absolute atomic E-state index is 0.142. The summed E-state index contributed by atoms with van der Waals surface area (Å²) in [6.45, 7) is 0. The van der Waals surface area contributed by atoms with E-state index in [0.717, 1.165) is 36.5 Å². The van der Waals surface area contributed by atoms with Crippen LogP contribution in [0.5, 0.6) is 0 Å². The molecule has 2 amide bonds. The van der Waals surface area contributed by atoms with Crippen molar-refractivity contribution in [3.8, 4) is 0 Å².